The normalized spacial score (nSPS) is 10.4. The fourth-order valence-corrected chi connectivity index (χ4v) is 2.57. The Morgan fingerprint density at radius 2 is 0.633 bits per heavy atom. The molecular formula is C21H18N6O3. The Morgan fingerprint density at radius 1 is 0.400 bits per heavy atom. The van der Waals surface area contributed by atoms with E-state index in [1.54, 1.807) is 72.8 Å². The first-order valence-corrected chi connectivity index (χ1v) is 8.98. The molecule has 1 aromatic heterocycles. The van der Waals surface area contributed by atoms with E-state index < -0.39 is 0 Å². The van der Waals surface area contributed by atoms with Gasteiger partial charge in [-0.2, -0.15) is 15.0 Å². The minimum Gasteiger partial charge on any atom is -0.508 e. The molecule has 0 aliphatic heterocycles. The van der Waals surface area contributed by atoms with Gasteiger partial charge in [0, 0.05) is 17.1 Å². The molecule has 0 saturated carbocycles. The van der Waals surface area contributed by atoms with Crippen LogP contribution in [0.15, 0.2) is 72.8 Å². The number of rotatable bonds is 6. The first kappa shape index (κ1) is 18.8. The van der Waals surface area contributed by atoms with Crippen molar-refractivity contribution in [3.63, 3.8) is 0 Å². The Kier molecular flexibility index (Phi) is 5.16. The Balaban J connectivity index is 1.64. The molecule has 0 saturated heterocycles. The molecule has 0 aliphatic rings. The van der Waals surface area contributed by atoms with E-state index in [2.05, 4.69) is 30.9 Å². The predicted octanol–water partition coefficient (Wildman–Crippen LogP) is 4.22. The maximum Gasteiger partial charge on any atom is 0.233 e. The Hall–Kier alpha value is -4.53. The number of phenols is 3. The second-order valence-corrected chi connectivity index (χ2v) is 6.32. The number of aromatic hydroxyl groups is 3. The van der Waals surface area contributed by atoms with Gasteiger partial charge in [-0.1, -0.05) is 0 Å². The third-order valence-corrected chi connectivity index (χ3v) is 4.01. The lowest BCUT2D eigenvalue weighted by Crippen LogP contribution is -2.07. The van der Waals surface area contributed by atoms with Crippen molar-refractivity contribution in [2.75, 3.05) is 16.0 Å². The number of hydrogen-bond acceptors (Lipinski definition) is 9. The minimum absolute atomic E-state index is 0.153. The van der Waals surface area contributed by atoms with Crippen LogP contribution in [0, 0.1) is 0 Å². The van der Waals surface area contributed by atoms with Gasteiger partial charge in [-0.05, 0) is 72.8 Å². The van der Waals surface area contributed by atoms with Gasteiger partial charge in [0.2, 0.25) is 17.8 Å². The first-order chi connectivity index (χ1) is 14.5. The third kappa shape index (κ3) is 4.84. The van der Waals surface area contributed by atoms with Crippen LogP contribution in [-0.2, 0) is 0 Å². The van der Waals surface area contributed by atoms with E-state index in [0.717, 1.165) is 0 Å². The summed E-state index contributed by atoms with van der Waals surface area (Å²) in [6.45, 7) is 0. The van der Waals surface area contributed by atoms with Crippen molar-refractivity contribution in [3.05, 3.63) is 72.8 Å². The van der Waals surface area contributed by atoms with E-state index in [1.807, 2.05) is 0 Å². The number of nitrogens with zero attached hydrogens (tertiary/aromatic N) is 3. The first-order valence-electron chi connectivity index (χ1n) is 8.98. The summed E-state index contributed by atoms with van der Waals surface area (Å²) in [6.07, 6.45) is 0. The number of aromatic nitrogens is 3. The van der Waals surface area contributed by atoms with Crippen LogP contribution in [-0.4, -0.2) is 30.3 Å². The monoisotopic (exact) mass is 402 g/mol. The molecular weight excluding hydrogens is 384 g/mol. The third-order valence-electron chi connectivity index (χ3n) is 4.01. The molecule has 0 amide bonds. The molecule has 0 radical (unpaired) electrons. The van der Waals surface area contributed by atoms with Gasteiger partial charge in [0.05, 0.1) is 0 Å². The zero-order valence-electron chi connectivity index (χ0n) is 15.6. The van der Waals surface area contributed by atoms with Gasteiger partial charge in [-0.3, -0.25) is 0 Å². The van der Waals surface area contributed by atoms with Crippen LogP contribution in [0.2, 0.25) is 0 Å². The standard InChI is InChI=1S/C21H18N6O3/c28-16-7-1-13(2-8-16)22-19-25-20(23-14-3-9-17(29)10-4-14)27-21(26-19)24-15-5-11-18(30)12-6-15/h1-12,28-30H,(H3,22,23,24,25,26,27). The molecule has 30 heavy (non-hydrogen) atoms. The molecule has 9 heteroatoms. The molecule has 0 fully saturated rings. The van der Waals surface area contributed by atoms with Gasteiger partial charge < -0.3 is 31.3 Å². The highest BCUT2D eigenvalue weighted by Gasteiger charge is 2.09. The molecule has 3 aromatic carbocycles. The van der Waals surface area contributed by atoms with Gasteiger partial charge in [-0.25, -0.2) is 0 Å². The Morgan fingerprint density at radius 3 is 0.867 bits per heavy atom. The van der Waals surface area contributed by atoms with Crippen molar-refractivity contribution in [3.8, 4) is 17.2 Å². The fraction of sp³-hybridized carbons (Fsp3) is 0. The quantitative estimate of drug-likeness (QED) is 0.262. The molecule has 1 heterocycles. The fourth-order valence-electron chi connectivity index (χ4n) is 2.57. The van der Waals surface area contributed by atoms with Crippen LogP contribution in [0.3, 0.4) is 0 Å². The van der Waals surface area contributed by atoms with Crippen molar-refractivity contribution in [2.24, 2.45) is 0 Å². The summed E-state index contributed by atoms with van der Waals surface area (Å²) in [6, 6.07) is 19.5. The average Bonchev–Trinajstić information content (AvgIpc) is 2.73. The summed E-state index contributed by atoms with van der Waals surface area (Å²) in [7, 11) is 0. The second-order valence-electron chi connectivity index (χ2n) is 6.32. The number of phenolic OH excluding ortho intramolecular Hbond substituents is 3. The highest BCUT2D eigenvalue weighted by atomic mass is 16.3. The van der Waals surface area contributed by atoms with Crippen LogP contribution in [0.1, 0.15) is 0 Å². The molecule has 4 rings (SSSR count). The second kappa shape index (κ2) is 8.23. The van der Waals surface area contributed by atoms with E-state index >= 15 is 0 Å². The number of anilines is 6. The lowest BCUT2D eigenvalue weighted by atomic mass is 10.3. The molecule has 4 aromatic rings. The zero-order valence-corrected chi connectivity index (χ0v) is 15.6. The number of nitrogens with one attached hydrogen (secondary N) is 3. The van der Waals surface area contributed by atoms with E-state index in [0.29, 0.717) is 17.1 Å². The van der Waals surface area contributed by atoms with Gasteiger partial charge in [-0.15, -0.1) is 0 Å². The van der Waals surface area contributed by atoms with E-state index in [9.17, 15) is 15.3 Å². The van der Waals surface area contributed by atoms with Crippen molar-refractivity contribution >= 4 is 34.9 Å². The highest BCUT2D eigenvalue weighted by Crippen LogP contribution is 2.23. The topological polar surface area (TPSA) is 135 Å². The molecule has 6 N–H and O–H groups in total. The van der Waals surface area contributed by atoms with Crippen molar-refractivity contribution in [2.45, 2.75) is 0 Å². The van der Waals surface area contributed by atoms with Crippen molar-refractivity contribution in [1.29, 1.82) is 0 Å². The van der Waals surface area contributed by atoms with Crippen LogP contribution in [0.25, 0.3) is 0 Å². The number of hydrogen-bond donors (Lipinski definition) is 6. The predicted molar refractivity (Wildman–Crippen MR) is 114 cm³/mol. The lowest BCUT2D eigenvalue weighted by Gasteiger charge is -2.12. The summed E-state index contributed by atoms with van der Waals surface area (Å²) < 4.78 is 0. The van der Waals surface area contributed by atoms with Crippen LogP contribution in [0.5, 0.6) is 17.2 Å². The van der Waals surface area contributed by atoms with Crippen LogP contribution in [0.4, 0.5) is 34.9 Å². The molecule has 0 atom stereocenters. The van der Waals surface area contributed by atoms with Crippen LogP contribution < -0.4 is 16.0 Å². The summed E-state index contributed by atoms with van der Waals surface area (Å²) >= 11 is 0. The maximum atomic E-state index is 9.45. The SMILES string of the molecule is Oc1ccc(Nc2nc(Nc3ccc(O)cc3)nc(Nc3ccc(O)cc3)n2)cc1. The minimum atomic E-state index is 0.153. The summed E-state index contributed by atoms with van der Waals surface area (Å²) in [5.74, 6) is 1.29. The van der Waals surface area contributed by atoms with E-state index in [-0.39, 0.29) is 35.1 Å². The summed E-state index contributed by atoms with van der Waals surface area (Å²) in [5.41, 5.74) is 2.06. The molecule has 9 nitrogen and oxygen atoms in total. The molecule has 0 unspecified atom stereocenters. The maximum absolute atomic E-state index is 9.45. The molecule has 0 spiro atoms. The Labute approximate surface area is 171 Å². The van der Waals surface area contributed by atoms with Gasteiger partial charge in [0.15, 0.2) is 0 Å². The smallest absolute Gasteiger partial charge is 0.233 e. The van der Waals surface area contributed by atoms with E-state index in [1.165, 1.54) is 0 Å². The van der Waals surface area contributed by atoms with Gasteiger partial charge in [0.1, 0.15) is 17.2 Å². The lowest BCUT2D eigenvalue weighted by molar-refractivity contribution is 0.475. The molecule has 0 aliphatic carbocycles. The van der Waals surface area contributed by atoms with E-state index in [4.69, 9.17) is 0 Å². The number of benzene rings is 3. The van der Waals surface area contributed by atoms with Crippen molar-refractivity contribution < 1.29 is 15.3 Å². The molecule has 150 valence electrons. The molecule has 0 bridgehead atoms. The van der Waals surface area contributed by atoms with Crippen LogP contribution >= 0.6 is 0 Å². The van der Waals surface area contributed by atoms with Gasteiger partial charge in [0.25, 0.3) is 0 Å². The summed E-state index contributed by atoms with van der Waals surface area (Å²) in [4.78, 5) is 13.1. The van der Waals surface area contributed by atoms with Gasteiger partial charge >= 0.3 is 0 Å². The highest BCUT2D eigenvalue weighted by molar-refractivity contribution is 5.62. The average molecular weight is 402 g/mol. The van der Waals surface area contributed by atoms with Crippen molar-refractivity contribution in [1.82, 2.24) is 15.0 Å². The largest absolute Gasteiger partial charge is 0.508 e. The zero-order chi connectivity index (χ0) is 20.9. The summed E-state index contributed by atoms with van der Waals surface area (Å²) in [5, 5.41) is 37.6. The Bertz CT molecular complexity index is 974.